The fraction of sp³-hybridized carbons (Fsp3) is 0.250. The maximum absolute atomic E-state index is 11.7. The Hall–Kier alpha value is -2.44. The van der Waals surface area contributed by atoms with Gasteiger partial charge in [0.1, 0.15) is 24.9 Å². The first kappa shape index (κ1) is 17.6. The third-order valence-electron chi connectivity index (χ3n) is 2.78. The fourth-order valence-corrected chi connectivity index (χ4v) is 1.58. The van der Waals surface area contributed by atoms with Gasteiger partial charge in [0.05, 0.1) is 5.56 Å². The van der Waals surface area contributed by atoms with Gasteiger partial charge < -0.3 is 19.7 Å². The highest BCUT2D eigenvalue weighted by Crippen LogP contribution is 2.09. The van der Waals surface area contributed by atoms with Gasteiger partial charge in [-0.05, 0) is 18.2 Å². The summed E-state index contributed by atoms with van der Waals surface area (Å²) in [4.78, 5) is 22.8. The van der Waals surface area contributed by atoms with E-state index < -0.39 is 36.9 Å². The van der Waals surface area contributed by atoms with E-state index in [1.165, 1.54) is 0 Å². The van der Waals surface area contributed by atoms with E-state index in [0.29, 0.717) is 5.56 Å². The van der Waals surface area contributed by atoms with Crippen LogP contribution in [0.15, 0.2) is 55.6 Å². The minimum absolute atomic E-state index is 0.322. The number of ether oxygens (including phenoxy) is 2. The van der Waals surface area contributed by atoms with E-state index in [-0.39, 0.29) is 0 Å². The van der Waals surface area contributed by atoms with Crippen LogP contribution >= 0.6 is 0 Å². The Kier molecular flexibility index (Phi) is 7.01. The van der Waals surface area contributed by atoms with Crippen LogP contribution in [0.5, 0.6) is 0 Å². The monoisotopic (exact) mass is 306 g/mol. The SMILES string of the molecule is C=CC(=O)O[C@H](C=C)[C@H](O)[C@H](O)COC(=O)c1ccccc1. The lowest BCUT2D eigenvalue weighted by Gasteiger charge is -2.23. The van der Waals surface area contributed by atoms with Crippen molar-refractivity contribution in [2.45, 2.75) is 18.3 Å². The van der Waals surface area contributed by atoms with Gasteiger partial charge in [-0.25, -0.2) is 9.59 Å². The summed E-state index contributed by atoms with van der Waals surface area (Å²) in [5.74, 6) is -1.40. The van der Waals surface area contributed by atoms with E-state index in [1.807, 2.05) is 0 Å². The van der Waals surface area contributed by atoms with E-state index >= 15 is 0 Å². The highest BCUT2D eigenvalue weighted by Gasteiger charge is 2.28. The van der Waals surface area contributed by atoms with Crippen LogP contribution in [-0.2, 0) is 14.3 Å². The molecule has 0 fully saturated rings. The standard InChI is InChI=1S/C16H18O6/c1-3-13(22-14(18)4-2)15(19)12(17)10-21-16(20)11-8-6-5-7-9-11/h3-9,12-13,15,17,19H,1-2,10H2/t12-,13-,15-/m1/s1. The second-order valence-electron chi connectivity index (χ2n) is 4.36. The largest absolute Gasteiger partial charge is 0.459 e. The van der Waals surface area contributed by atoms with Crippen LogP contribution in [-0.4, -0.2) is 47.1 Å². The molecule has 118 valence electrons. The van der Waals surface area contributed by atoms with Gasteiger partial charge in [-0.3, -0.25) is 0 Å². The third-order valence-corrected chi connectivity index (χ3v) is 2.78. The first-order valence-corrected chi connectivity index (χ1v) is 6.53. The molecular formula is C16H18O6. The van der Waals surface area contributed by atoms with Crippen molar-refractivity contribution in [3.8, 4) is 0 Å². The van der Waals surface area contributed by atoms with Gasteiger partial charge in [0.25, 0.3) is 0 Å². The maximum atomic E-state index is 11.7. The second kappa shape index (κ2) is 8.76. The molecule has 0 amide bonds. The molecule has 0 aromatic heterocycles. The number of hydrogen-bond donors (Lipinski definition) is 2. The number of rotatable bonds is 8. The lowest BCUT2D eigenvalue weighted by atomic mass is 10.1. The molecule has 1 rings (SSSR count). The number of carbonyl (C=O) groups is 2. The molecule has 0 saturated heterocycles. The van der Waals surface area contributed by atoms with Crippen molar-refractivity contribution in [2.75, 3.05) is 6.61 Å². The molecule has 1 aromatic rings. The number of aliphatic hydroxyl groups is 2. The average molecular weight is 306 g/mol. The van der Waals surface area contributed by atoms with Crippen LogP contribution in [0.4, 0.5) is 0 Å². The van der Waals surface area contributed by atoms with Crippen molar-refractivity contribution in [1.82, 2.24) is 0 Å². The lowest BCUT2D eigenvalue weighted by molar-refractivity contribution is -0.150. The smallest absolute Gasteiger partial charge is 0.338 e. The van der Waals surface area contributed by atoms with Crippen molar-refractivity contribution in [3.63, 3.8) is 0 Å². The predicted molar refractivity (Wildman–Crippen MR) is 79.0 cm³/mol. The Balaban J connectivity index is 2.54. The molecule has 6 nitrogen and oxygen atoms in total. The number of aliphatic hydroxyl groups excluding tert-OH is 2. The summed E-state index contributed by atoms with van der Waals surface area (Å²) in [6.45, 7) is 6.17. The average Bonchev–Trinajstić information content (AvgIpc) is 2.56. The summed E-state index contributed by atoms with van der Waals surface area (Å²) in [5, 5.41) is 19.7. The first-order chi connectivity index (χ1) is 10.5. The third kappa shape index (κ3) is 5.16. The molecule has 0 aliphatic rings. The van der Waals surface area contributed by atoms with E-state index in [9.17, 15) is 19.8 Å². The zero-order valence-corrected chi connectivity index (χ0v) is 11.9. The Bertz CT molecular complexity index is 525. The second-order valence-corrected chi connectivity index (χ2v) is 4.36. The molecule has 0 aliphatic carbocycles. The van der Waals surface area contributed by atoms with Gasteiger partial charge in [0, 0.05) is 6.08 Å². The molecule has 0 saturated carbocycles. The molecular weight excluding hydrogens is 288 g/mol. The van der Waals surface area contributed by atoms with Gasteiger partial charge >= 0.3 is 11.9 Å². The van der Waals surface area contributed by atoms with Gasteiger partial charge in [0.15, 0.2) is 0 Å². The van der Waals surface area contributed by atoms with Crippen LogP contribution in [0.3, 0.4) is 0 Å². The number of hydrogen-bond acceptors (Lipinski definition) is 6. The van der Waals surface area contributed by atoms with E-state index in [1.54, 1.807) is 30.3 Å². The molecule has 2 N–H and O–H groups in total. The molecule has 22 heavy (non-hydrogen) atoms. The van der Waals surface area contributed by atoms with Gasteiger partial charge in [-0.1, -0.05) is 31.4 Å². The zero-order valence-electron chi connectivity index (χ0n) is 11.9. The minimum Gasteiger partial charge on any atom is -0.459 e. The minimum atomic E-state index is -1.48. The van der Waals surface area contributed by atoms with E-state index in [0.717, 1.165) is 12.2 Å². The maximum Gasteiger partial charge on any atom is 0.338 e. The summed E-state index contributed by atoms with van der Waals surface area (Å²) < 4.78 is 9.69. The summed E-state index contributed by atoms with van der Waals surface area (Å²) >= 11 is 0. The quantitative estimate of drug-likeness (QED) is 0.420. The van der Waals surface area contributed by atoms with Crippen LogP contribution < -0.4 is 0 Å². The summed E-state index contributed by atoms with van der Waals surface area (Å²) in [5.41, 5.74) is 0.322. The Morgan fingerprint density at radius 1 is 1.18 bits per heavy atom. The Morgan fingerprint density at radius 3 is 2.36 bits per heavy atom. The zero-order chi connectivity index (χ0) is 16.5. The van der Waals surface area contributed by atoms with Crippen molar-refractivity contribution in [1.29, 1.82) is 0 Å². The molecule has 1 aromatic carbocycles. The normalized spacial score (nSPS) is 14.3. The van der Waals surface area contributed by atoms with Crippen molar-refractivity contribution in [3.05, 3.63) is 61.2 Å². The molecule has 0 bridgehead atoms. The molecule has 6 heteroatoms. The molecule has 0 unspecified atom stereocenters. The van der Waals surface area contributed by atoms with Crippen molar-refractivity contribution < 1.29 is 29.3 Å². The molecule has 3 atom stereocenters. The topological polar surface area (TPSA) is 93.1 Å². The summed E-state index contributed by atoms with van der Waals surface area (Å²) in [6.07, 6.45) is -1.98. The van der Waals surface area contributed by atoms with Crippen LogP contribution in [0.1, 0.15) is 10.4 Å². The molecule has 0 aliphatic heterocycles. The Morgan fingerprint density at radius 2 is 1.82 bits per heavy atom. The summed E-state index contributed by atoms with van der Waals surface area (Å²) in [6, 6.07) is 8.21. The van der Waals surface area contributed by atoms with Crippen LogP contribution in [0.25, 0.3) is 0 Å². The highest BCUT2D eigenvalue weighted by atomic mass is 16.6. The van der Waals surface area contributed by atoms with Crippen LogP contribution in [0.2, 0.25) is 0 Å². The molecule has 0 radical (unpaired) electrons. The number of carbonyl (C=O) groups excluding carboxylic acids is 2. The summed E-state index contributed by atoms with van der Waals surface area (Å²) in [7, 11) is 0. The fourth-order valence-electron chi connectivity index (χ4n) is 1.58. The van der Waals surface area contributed by atoms with Gasteiger partial charge in [-0.15, -0.1) is 0 Å². The van der Waals surface area contributed by atoms with E-state index in [2.05, 4.69) is 13.2 Å². The number of benzene rings is 1. The first-order valence-electron chi connectivity index (χ1n) is 6.53. The Labute approximate surface area is 128 Å². The predicted octanol–water partition coefficient (Wildman–Crippen LogP) is 0.849. The van der Waals surface area contributed by atoms with Crippen LogP contribution in [0, 0.1) is 0 Å². The van der Waals surface area contributed by atoms with Crippen molar-refractivity contribution in [2.24, 2.45) is 0 Å². The molecule has 0 heterocycles. The van der Waals surface area contributed by atoms with E-state index in [4.69, 9.17) is 9.47 Å². The molecule has 0 spiro atoms. The van der Waals surface area contributed by atoms with Crippen molar-refractivity contribution >= 4 is 11.9 Å². The van der Waals surface area contributed by atoms with Gasteiger partial charge in [-0.2, -0.15) is 0 Å². The van der Waals surface area contributed by atoms with Gasteiger partial charge in [0.2, 0.25) is 0 Å². The lowest BCUT2D eigenvalue weighted by Crippen LogP contribution is -2.41. The highest BCUT2D eigenvalue weighted by molar-refractivity contribution is 5.89. The number of esters is 2.